The molecule has 0 radical (unpaired) electrons. The van der Waals surface area contributed by atoms with Crippen LogP contribution in [-0.4, -0.2) is 0 Å². The van der Waals surface area contributed by atoms with E-state index in [2.05, 4.69) is 216 Å². The maximum Gasteiger partial charge on any atom is 0.0540 e. The third-order valence-corrected chi connectivity index (χ3v) is 10.2. The molecule has 0 atom stereocenters. The minimum absolute atomic E-state index is 0.946. The summed E-state index contributed by atoms with van der Waals surface area (Å²) in [5, 5.41) is 4.96. The van der Waals surface area contributed by atoms with E-state index in [1.54, 1.807) is 0 Å². The molecule has 8 aromatic carbocycles. The smallest absolute Gasteiger partial charge is 0.0540 e. The Balaban J connectivity index is 1.07. The van der Waals surface area contributed by atoms with Gasteiger partial charge in [0, 0.05) is 33.5 Å². The zero-order chi connectivity index (χ0) is 34.7. The van der Waals surface area contributed by atoms with E-state index in [9.17, 15) is 0 Å². The second-order valence-corrected chi connectivity index (χ2v) is 13.3. The summed E-state index contributed by atoms with van der Waals surface area (Å²) in [5.41, 5.74) is 12.1. The Morgan fingerprint density at radius 2 is 0.769 bits per heavy atom. The summed E-state index contributed by atoms with van der Waals surface area (Å²) in [6.45, 7) is 0. The molecular weight excluding hydrogens is 629 g/mol. The van der Waals surface area contributed by atoms with E-state index in [0.717, 1.165) is 29.9 Å². The van der Waals surface area contributed by atoms with Gasteiger partial charge in [0.05, 0.1) is 11.4 Å². The molecular formula is C50H38N2. The van der Waals surface area contributed by atoms with Crippen molar-refractivity contribution in [3.05, 3.63) is 218 Å². The second kappa shape index (κ2) is 13.9. The van der Waals surface area contributed by atoms with Crippen molar-refractivity contribution in [3.63, 3.8) is 0 Å². The third-order valence-electron chi connectivity index (χ3n) is 10.2. The zero-order valence-corrected chi connectivity index (χ0v) is 28.9. The van der Waals surface area contributed by atoms with E-state index in [-0.39, 0.29) is 0 Å². The molecule has 0 spiro atoms. The largest absolute Gasteiger partial charge is 0.314 e. The fraction of sp³-hybridized carbons (Fsp3) is 0.0400. The van der Waals surface area contributed by atoms with Gasteiger partial charge in [0.2, 0.25) is 0 Å². The van der Waals surface area contributed by atoms with Crippen LogP contribution in [0.2, 0.25) is 0 Å². The average molecular weight is 667 g/mol. The highest BCUT2D eigenvalue weighted by Gasteiger charge is 2.20. The van der Waals surface area contributed by atoms with Gasteiger partial charge in [-0.15, -0.1) is 0 Å². The molecule has 0 aromatic heterocycles. The Morgan fingerprint density at radius 1 is 0.308 bits per heavy atom. The molecule has 2 nitrogen and oxygen atoms in total. The molecule has 0 bridgehead atoms. The van der Waals surface area contributed by atoms with Gasteiger partial charge in [0.25, 0.3) is 0 Å². The molecule has 0 fully saturated rings. The van der Waals surface area contributed by atoms with Crippen LogP contribution in [0.3, 0.4) is 0 Å². The van der Waals surface area contributed by atoms with Crippen LogP contribution in [0.25, 0.3) is 38.2 Å². The van der Waals surface area contributed by atoms with Crippen molar-refractivity contribution in [1.29, 1.82) is 0 Å². The summed E-state index contributed by atoms with van der Waals surface area (Å²) < 4.78 is 0. The molecule has 8 aromatic rings. The standard InChI is InChI=1S/C50H38N2/c1-3-13-37(14-4-1)38-25-31-45(32-26-38)52(50-24-12-18-42-16-8-10-22-48(42)50)46-35-29-40(30-36-46)39-27-33-44(34-28-39)51(43-19-5-2-6-20-43)49-23-11-17-41-15-7-9-21-47(41)49/h1-27,29-33,35-36H,28,34H2. The van der Waals surface area contributed by atoms with Gasteiger partial charge in [-0.3, -0.25) is 0 Å². The molecule has 0 heterocycles. The lowest BCUT2D eigenvalue weighted by molar-refractivity contribution is 0.932. The van der Waals surface area contributed by atoms with Crippen molar-refractivity contribution in [2.75, 3.05) is 9.80 Å². The van der Waals surface area contributed by atoms with Crippen LogP contribution >= 0.6 is 0 Å². The minimum atomic E-state index is 0.946. The first-order valence-electron chi connectivity index (χ1n) is 18.1. The number of allylic oxidation sites excluding steroid dienone is 4. The number of para-hydroxylation sites is 1. The molecule has 0 amide bonds. The van der Waals surface area contributed by atoms with Crippen LogP contribution in [0.5, 0.6) is 0 Å². The highest BCUT2D eigenvalue weighted by atomic mass is 15.2. The fourth-order valence-electron chi connectivity index (χ4n) is 7.58. The zero-order valence-electron chi connectivity index (χ0n) is 28.9. The number of benzene rings is 8. The van der Waals surface area contributed by atoms with E-state index in [0.29, 0.717) is 0 Å². The summed E-state index contributed by atoms with van der Waals surface area (Å²) in [6.07, 6.45) is 6.55. The SMILES string of the molecule is C1=C(c2ccc(N(c3ccc(-c4ccccc4)cc3)c3cccc4ccccc34)cc2)CCC(N(c2ccccc2)c2cccc3ccccc23)=C1. The first-order chi connectivity index (χ1) is 25.8. The third kappa shape index (κ3) is 6.05. The van der Waals surface area contributed by atoms with Gasteiger partial charge in [0.15, 0.2) is 0 Å². The molecule has 248 valence electrons. The van der Waals surface area contributed by atoms with Crippen LogP contribution in [0.4, 0.5) is 28.4 Å². The number of nitrogens with zero attached hydrogens (tertiary/aromatic N) is 2. The molecule has 0 saturated carbocycles. The fourth-order valence-corrected chi connectivity index (χ4v) is 7.58. The predicted octanol–water partition coefficient (Wildman–Crippen LogP) is 14.0. The number of rotatable bonds is 8. The lowest BCUT2D eigenvalue weighted by Crippen LogP contribution is -2.18. The van der Waals surface area contributed by atoms with E-state index in [1.807, 2.05) is 0 Å². The topological polar surface area (TPSA) is 6.48 Å². The highest BCUT2D eigenvalue weighted by Crippen LogP contribution is 2.42. The molecule has 0 N–H and O–H groups in total. The Kier molecular flexibility index (Phi) is 8.40. The monoisotopic (exact) mass is 666 g/mol. The van der Waals surface area contributed by atoms with Crippen molar-refractivity contribution < 1.29 is 0 Å². The predicted molar refractivity (Wildman–Crippen MR) is 222 cm³/mol. The van der Waals surface area contributed by atoms with Crippen molar-refractivity contribution >= 4 is 55.6 Å². The van der Waals surface area contributed by atoms with Gasteiger partial charge in [-0.1, -0.05) is 152 Å². The van der Waals surface area contributed by atoms with Crippen LogP contribution in [0, 0.1) is 0 Å². The van der Waals surface area contributed by atoms with Gasteiger partial charge in [-0.2, -0.15) is 0 Å². The van der Waals surface area contributed by atoms with Gasteiger partial charge in [-0.05, 0) is 100 Å². The number of hydrogen-bond donors (Lipinski definition) is 0. The molecule has 2 heteroatoms. The molecule has 0 aliphatic heterocycles. The first-order valence-corrected chi connectivity index (χ1v) is 18.1. The van der Waals surface area contributed by atoms with E-state index < -0.39 is 0 Å². The summed E-state index contributed by atoms with van der Waals surface area (Å²) >= 11 is 0. The van der Waals surface area contributed by atoms with E-state index in [1.165, 1.54) is 60.9 Å². The molecule has 0 saturated heterocycles. The first kappa shape index (κ1) is 31.3. The number of anilines is 5. The Hall–Kier alpha value is -6.64. The van der Waals surface area contributed by atoms with Crippen molar-refractivity contribution in [3.8, 4) is 11.1 Å². The molecule has 1 aliphatic carbocycles. The number of hydrogen-bond acceptors (Lipinski definition) is 2. The Morgan fingerprint density at radius 3 is 1.35 bits per heavy atom. The van der Waals surface area contributed by atoms with E-state index >= 15 is 0 Å². The van der Waals surface area contributed by atoms with Crippen LogP contribution in [0.15, 0.2) is 212 Å². The van der Waals surface area contributed by atoms with Crippen molar-refractivity contribution in [1.82, 2.24) is 0 Å². The van der Waals surface area contributed by atoms with E-state index in [4.69, 9.17) is 0 Å². The summed E-state index contributed by atoms with van der Waals surface area (Å²) in [4.78, 5) is 4.82. The molecule has 0 unspecified atom stereocenters. The normalized spacial score (nSPS) is 12.7. The maximum atomic E-state index is 2.43. The van der Waals surface area contributed by atoms with Crippen LogP contribution in [-0.2, 0) is 0 Å². The Bertz CT molecular complexity index is 2540. The summed E-state index contributed by atoms with van der Waals surface area (Å²) in [6, 6.07) is 69.9. The summed E-state index contributed by atoms with van der Waals surface area (Å²) in [5.74, 6) is 0. The van der Waals surface area contributed by atoms with Gasteiger partial charge < -0.3 is 9.80 Å². The maximum absolute atomic E-state index is 2.43. The highest BCUT2D eigenvalue weighted by molar-refractivity contribution is 5.99. The van der Waals surface area contributed by atoms with Crippen molar-refractivity contribution in [2.24, 2.45) is 0 Å². The lowest BCUT2D eigenvalue weighted by Gasteiger charge is -2.31. The van der Waals surface area contributed by atoms with Gasteiger partial charge in [0.1, 0.15) is 0 Å². The van der Waals surface area contributed by atoms with Crippen LogP contribution < -0.4 is 9.80 Å². The Labute approximate surface area is 305 Å². The van der Waals surface area contributed by atoms with Gasteiger partial charge in [-0.25, -0.2) is 0 Å². The van der Waals surface area contributed by atoms with Crippen molar-refractivity contribution in [2.45, 2.75) is 12.8 Å². The summed E-state index contributed by atoms with van der Waals surface area (Å²) in [7, 11) is 0. The minimum Gasteiger partial charge on any atom is -0.314 e. The molecule has 1 aliphatic rings. The average Bonchev–Trinajstić information content (AvgIpc) is 3.23. The second-order valence-electron chi connectivity index (χ2n) is 13.3. The molecule has 52 heavy (non-hydrogen) atoms. The van der Waals surface area contributed by atoms with Crippen LogP contribution in [0.1, 0.15) is 18.4 Å². The molecule has 9 rings (SSSR count). The number of fused-ring (bicyclic) bond motifs is 2. The lowest BCUT2D eigenvalue weighted by atomic mass is 9.94. The quantitative estimate of drug-likeness (QED) is 0.159. The van der Waals surface area contributed by atoms with Gasteiger partial charge >= 0.3 is 0 Å².